The third-order valence-electron chi connectivity index (χ3n) is 3.88. The maximum atomic E-state index is 11.1. The number of piperidine rings is 1. The molecule has 2 unspecified atom stereocenters. The van der Waals surface area contributed by atoms with Gasteiger partial charge in [-0.25, -0.2) is 0 Å². The summed E-state index contributed by atoms with van der Waals surface area (Å²) in [6, 6.07) is 0. The number of hydrogen-bond acceptors (Lipinski definition) is 3. The quantitative estimate of drug-likeness (QED) is 0.896. The van der Waals surface area contributed by atoms with Crippen LogP contribution in [-0.4, -0.2) is 28.0 Å². The lowest BCUT2D eigenvalue weighted by Crippen LogP contribution is -2.49. The zero-order valence-corrected chi connectivity index (χ0v) is 12.7. The fourth-order valence-corrected chi connectivity index (χ4v) is 3.54. The molecule has 2 N–H and O–H groups in total. The van der Waals surface area contributed by atoms with Gasteiger partial charge in [0.05, 0.1) is 16.4 Å². The van der Waals surface area contributed by atoms with Gasteiger partial charge in [0.25, 0.3) is 0 Å². The fraction of sp³-hybridized carbons (Fsp3) is 0.769. The predicted molar refractivity (Wildman–Crippen MR) is 75.4 cm³/mol. The molecule has 1 aliphatic heterocycles. The van der Waals surface area contributed by atoms with Crippen molar-refractivity contribution in [3.63, 3.8) is 0 Å². The molecule has 18 heavy (non-hydrogen) atoms. The van der Waals surface area contributed by atoms with Crippen molar-refractivity contribution in [3.05, 3.63) is 16.4 Å². The van der Waals surface area contributed by atoms with E-state index in [9.17, 15) is 5.11 Å². The highest BCUT2D eigenvalue weighted by Gasteiger charge is 2.43. The standard InChI is InChI=1S/C13H22BrN3O/c1-3-7-17-12(11(14)9-16-17)13(18)5-6-15-8-10(13)4-2/h9-10,15,18H,3-8H2,1-2H3. The van der Waals surface area contributed by atoms with Gasteiger partial charge in [0.2, 0.25) is 0 Å². The molecule has 1 aliphatic rings. The van der Waals surface area contributed by atoms with E-state index in [1.807, 2.05) is 4.68 Å². The number of halogens is 1. The summed E-state index contributed by atoms with van der Waals surface area (Å²) in [5.41, 5.74) is 0.197. The Bertz CT molecular complexity index is 407. The molecule has 0 amide bonds. The summed E-state index contributed by atoms with van der Waals surface area (Å²) in [7, 11) is 0. The summed E-state index contributed by atoms with van der Waals surface area (Å²) in [5, 5.41) is 18.9. The van der Waals surface area contributed by atoms with Crippen molar-refractivity contribution in [2.45, 2.75) is 45.3 Å². The molecule has 0 bridgehead atoms. The summed E-state index contributed by atoms with van der Waals surface area (Å²) in [6.45, 7) is 6.85. The molecule has 0 aromatic carbocycles. The summed E-state index contributed by atoms with van der Waals surface area (Å²) < 4.78 is 2.89. The van der Waals surface area contributed by atoms with Crippen molar-refractivity contribution in [1.82, 2.24) is 15.1 Å². The van der Waals surface area contributed by atoms with Gasteiger partial charge in [-0.1, -0.05) is 13.8 Å². The van der Waals surface area contributed by atoms with Crippen LogP contribution in [-0.2, 0) is 12.1 Å². The third kappa shape index (κ3) is 2.36. The van der Waals surface area contributed by atoms with E-state index in [0.717, 1.165) is 49.1 Å². The summed E-state index contributed by atoms with van der Waals surface area (Å²) >= 11 is 3.55. The number of nitrogens with zero attached hydrogens (tertiary/aromatic N) is 2. The Morgan fingerprint density at radius 3 is 3.06 bits per heavy atom. The summed E-state index contributed by atoms with van der Waals surface area (Å²) in [5.74, 6) is 0.245. The third-order valence-corrected chi connectivity index (χ3v) is 4.46. The largest absolute Gasteiger partial charge is 0.383 e. The molecule has 1 aromatic heterocycles. The van der Waals surface area contributed by atoms with Crippen LogP contribution in [0.3, 0.4) is 0 Å². The van der Waals surface area contributed by atoms with E-state index in [0.29, 0.717) is 0 Å². The van der Waals surface area contributed by atoms with Crippen molar-refractivity contribution in [2.75, 3.05) is 13.1 Å². The summed E-state index contributed by atoms with van der Waals surface area (Å²) in [4.78, 5) is 0. The smallest absolute Gasteiger partial charge is 0.112 e. The van der Waals surface area contributed by atoms with Crippen molar-refractivity contribution < 1.29 is 5.11 Å². The number of aliphatic hydroxyl groups is 1. The first-order chi connectivity index (χ1) is 8.63. The van der Waals surface area contributed by atoms with E-state index in [1.165, 1.54) is 0 Å². The lowest BCUT2D eigenvalue weighted by molar-refractivity contribution is -0.0555. The highest BCUT2D eigenvalue weighted by Crippen LogP contribution is 2.40. The Kier molecular flexibility index (Phi) is 4.45. The van der Waals surface area contributed by atoms with Crippen LogP contribution in [0.25, 0.3) is 0 Å². The first-order valence-corrected chi connectivity index (χ1v) is 7.57. The van der Waals surface area contributed by atoms with Gasteiger partial charge >= 0.3 is 0 Å². The first-order valence-electron chi connectivity index (χ1n) is 6.78. The van der Waals surface area contributed by atoms with Gasteiger partial charge in [-0.2, -0.15) is 5.10 Å². The van der Waals surface area contributed by atoms with E-state index >= 15 is 0 Å². The Morgan fingerprint density at radius 1 is 1.61 bits per heavy atom. The van der Waals surface area contributed by atoms with Crippen molar-refractivity contribution in [2.24, 2.45) is 5.92 Å². The zero-order valence-electron chi connectivity index (χ0n) is 11.1. The zero-order chi connectivity index (χ0) is 13.2. The van der Waals surface area contributed by atoms with Crippen molar-refractivity contribution in [1.29, 1.82) is 0 Å². The number of rotatable bonds is 4. The molecular formula is C13H22BrN3O. The molecule has 4 nitrogen and oxygen atoms in total. The Balaban J connectivity index is 2.40. The lowest BCUT2D eigenvalue weighted by atomic mass is 9.77. The maximum Gasteiger partial charge on any atom is 0.112 e. The molecule has 102 valence electrons. The van der Waals surface area contributed by atoms with Crippen LogP contribution in [0.15, 0.2) is 10.7 Å². The molecule has 2 rings (SSSR count). The minimum absolute atomic E-state index is 0.245. The summed E-state index contributed by atoms with van der Waals surface area (Å²) in [6.07, 6.45) is 4.54. The van der Waals surface area contributed by atoms with E-state index in [1.54, 1.807) is 6.20 Å². The van der Waals surface area contributed by atoms with Gasteiger partial charge in [-0.15, -0.1) is 0 Å². The molecule has 2 atom stereocenters. The molecule has 5 heteroatoms. The molecule has 1 saturated heterocycles. The maximum absolute atomic E-state index is 11.1. The molecular weight excluding hydrogens is 294 g/mol. The van der Waals surface area contributed by atoms with Gasteiger partial charge in [0.15, 0.2) is 0 Å². The van der Waals surface area contributed by atoms with Crippen molar-refractivity contribution in [3.8, 4) is 0 Å². The number of aryl methyl sites for hydroxylation is 1. The van der Waals surface area contributed by atoms with Gasteiger partial charge < -0.3 is 10.4 Å². The minimum Gasteiger partial charge on any atom is -0.383 e. The monoisotopic (exact) mass is 315 g/mol. The lowest BCUT2D eigenvalue weighted by Gasteiger charge is -2.40. The Morgan fingerprint density at radius 2 is 2.39 bits per heavy atom. The predicted octanol–water partition coefficient (Wildman–Crippen LogP) is 2.26. The van der Waals surface area contributed by atoms with Crippen LogP contribution in [0.2, 0.25) is 0 Å². The molecule has 1 aromatic rings. The topological polar surface area (TPSA) is 50.1 Å². The molecule has 0 radical (unpaired) electrons. The molecule has 1 fully saturated rings. The van der Waals surface area contributed by atoms with Crippen LogP contribution in [0.5, 0.6) is 0 Å². The first kappa shape index (κ1) is 14.0. The van der Waals surface area contributed by atoms with Crippen LogP contribution in [0.4, 0.5) is 0 Å². The van der Waals surface area contributed by atoms with Gasteiger partial charge in [0.1, 0.15) is 5.60 Å². The van der Waals surface area contributed by atoms with Gasteiger partial charge in [-0.05, 0) is 41.7 Å². The Hall–Kier alpha value is -0.390. The van der Waals surface area contributed by atoms with Crippen molar-refractivity contribution >= 4 is 15.9 Å². The van der Waals surface area contributed by atoms with Crippen LogP contribution in [0.1, 0.15) is 38.8 Å². The number of nitrogens with one attached hydrogen (secondary N) is 1. The highest BCUT2D eigenvalue weighted by molar-refractivity contribution is 9.10. The van der Waals surface area contributed by atoms with E-state index in [-0.39, 0.29) is 5.92 Å². The molecule has 2 heterocycles. The second-order valence-electron chi connectivity index (χ2n) is 5.05. The van der Waals surface area contributed by atoms with E-state index in [4.69, 9.17) is 0 Å². The van der Waals surface area contributed by atoms with E-state index in [2.05, 4.69) is 40.2 Å². The second-order valence-corrected chi connectivity index (χ2v) is 5.90. The fourth-order valence-electron chi connectivity index (χ4n) is 2.90. The number of hydrogen-bond donors (Lipinski definition) is 2. The normalized spacial score (nSPS) is 28.6. The Labute approximate surface area is 117 Å². The van der Waals surface area contributed by atoms with Gasteiger partial charge in [-0.3, -0.25) is 4.68 Å². The minimum atomic E-state index is -0.759. The molecule has 0 spiro atoms. The SMILES string of the molecule is CCCn1ncc(Br)c1C1(O)CCNCC1CC. The average molecular weight is 316 g/mol. The molecule has 0 aliphatic carbocycles. The van der Waals surface area contributed by atoms with E-state index < -0.39 is 5.60 Å². The van der Waals surface area contributed by atoms with Crippen LogP contribution in [0, 0.1) is 5.92 Å². The highest BCUT2D eigenvalue weighted by atomic mass is 79.9. The molecule has 0 saturated carbocycles. The number of aromatic nitrogens is 2. The van der Waals surface area contributed by atoms with Gasteiger partial charge in [0, 0.05) is 19.0 Å². The van der Waals surface area contributed by atoms with Crippen LogP contribution < -0.4 is 5.32 Å². The second kappa shape index (κ2) is 5.72. The van der Waals surface area contributed by atoms with Crippen LogP contribution >= 0.6 is 15.9 Å². The average Bonchev–Trinajstić information content (AvgIpc) is 2.72.